The van der Waals surface area contributed by atoms with E-state index in [1.54, 1.807) is 6.92 Å². The predicted octanol–water partition coefficient (Wildman–Crippen LogP) is 2.71. The molecular formula is C14H16F2N2. The summed E-state index contributed by atoms with van der Waals surface area (Å²) in [5.74, 6) is -1.11. The number of rotatable bonds is 2. The van der Waals surface area contributed by atoms with E-state index >= 15 is 0 Å². The highest BCUT2D eigenvalue weighted by Crippen LogP contribution is 2.34. The van der Waals surface area contributed by atoms with Crippen LogP contribution in [0.5, 0.6) is 0 Å². The molecule has 0 bridgehead atoms. The molecule has 4 heteroatoms. The van der Waals surface area contributed by atoms with Gasteiger partial charge < -0.3 is 5.32 Å². The molecule has 1 N–H and O–H groups in total. The van der Waals surface area contributed by atoms with Gasteiger partial charge in [-0.05, 0) is 56.5 Å². The number of benzene rings is 1. The topological polar surface area (TPSA) is 35.8 Å². The number of aryl methyl sites for hydroxylation is 1. The van der Waals surface area contributed by atoms with E-state index in [1.807, 2.05) is 0 Å². The van der Waals surface area contributed by atoms with Crippen LogP contribution in [-0.4, -0.2) is 13.1 Å². The molecule has 1 heterocycles. The van der Waals surface area contributed by atoms with E-state index in [4.69, 9.17) is 0 Å². The van der Waals surface area contributed by atoms with E-state index in [2.05, 4.69) is 11.4 Å². The van der Waals surface area contributed by atoms with Gasteiger partial charge in [-0.1, -0.05) is 0 Å². The first-order chi connectivity index (χ1) is 8.56. The Morgan fingerprint density at radius 1 is 1.33 bits per heavy atom. The number of nitriles is 1. The summed E-state index contributed by atoms with van der Waals surface area (Å²) in [5.41, 5.74) is 0.537. The van der Waals surface area contributed by atoms with Gasteiger partial charge in [-0.3, -0.25) is 0 Å². The van der Waals surface area contributed by atoms with Gasteiger partial charge in [0.25, 0.3) is 0 Å². The van der Waals surface area contributed by atoms with Gasteiger partial charge in [0.1, 0.15) is 11.6 Å². The third-order valence-corrected chi connectivity index (χ3v) is 3.70. The fourth-order valence-corrected chi connectivity index (χ4v) is 2.53. The molecule has 1 fully saturated rings. The fourth-order valence-electron chi connectivity index (χ4n) is 2.53. The first kappa shape index (κ1) is 13.0. The van der Waals surface area contributed by atoms with Crippen molar-refractivity contribution in [3.8, 4) is 6.07 Å². The van der Waals surface area contributed by atoms with Crippen molar-refractivity contribution in [2.45, 2.75) is 26.2 Å². The zero-order valence-electron chi connectivity index (χ0n) is 10.4. The maximum absolute atomic E-state index is 13.8. The number of nitrogens with zero attached hydrogens (tertiary/aromatic N) is 1. The average molecular weight is 250 g/mol. The van der Waals surface area contributed by atoms with E-state index in [-0.39, 0.29) is 0 Å². The van der Waals surface area contributed by atoms with Gasteiger partial charge in [0, 0.05) is 6.07 Å². The molecule has 1 aromatic rings. The quantitative estimate of drug-likeness (QED) is 0.876. The molecule has 18 heavy (non-hydrogen) atoms. The monoisotopic (exact) mass is 250 g/mol. The third-order valence-electron chi connectivity index (χ3n) is 3.70. The normalized spacial score (nSPS) is 18.3. The summed E-state index contributed by atoms with van der Waals surface area (Å²) in [7, 11) is 0. The molecule has 0 unspecified atom stereocenters. The molecule has 1 aliphatic rings. The van der Waals surface area contributed by atoms with Crippen LogP contribution >= 0.6 is 0 Å². The number of nitrogens with one attached hydrogen (secondary N) is 1. The van der Waals surface area contributed by atoms with Gasteiger partial charge in [-0.2, -0.15) is 5.26 Å². The summed E-state index contributed by atoms with van der Waals surface area (Å²) >= 11 is 0. The van der Waals surface area contributed by atoms with E-state index in [0.29, 0.717) is 30.4 Å². The Labute approximate surface area is 106 Å². The Bertz CT molecular complexity index is 462. The van der Waals surface area contributed by atoms with Gasteiger partial charge in [-0.25, -0.2) is 8.78 Å². The molecule has 0 radical (unpaired) electrons. The fraction of sp³-hybridized carbons (Fsp3) is 0.500. The second-order valence-electron chi connectivity index (χ2n) is 5.00. The van der Waals surface area contributed by atoms with Crippen LogP contribution < -0.4 is 5.32 Å². The minimum absolute atomic E-state index is 0.364. The van der Waals surface area contributed by atoms with Crippen LogP contribution in [0.1, 0.15) is 24.0 Å². The molecule has 1 aliphatic heterocycles. The van der Waals surface area contributed by atoms with Gasteiger partial charge in [0.2, 0.25) is 0 Å². The van der Waals surface area contributed by atoms with Gasteiger partial charge in [0.05, 0.1) is 11.5 Å². The predicted molar refractivity (Wildman–Crippen MR) is 64.9 cm³/mol. The molecule has 1 saturated heterocycles. The largest absolute Gasteiger partial charge is 0.317 e. The average Bonchev–Trinajstić information content (AvgIpc) is 2.35. The maximum Gasteiger partial charge on any atom is 0.129 e. The van der Waals surface area contributed by atoms with Crippen molar-refractivity contribution in [2.24, 2.45) is 5.41 Å². The summed E-state index contributed by atoms with van der Waals surface area (Å²) in [6, 6.07) is 4.56. The second-order valence-corrected chi connectivity index (χ2v) is 5.00. The van der Waals surface area contributed by atoms with Crippen LogP contribution in [0.4, 0.5) is 8.78 Å². The Balaban J connectivity index is 2.30. The first-order valence-corrected chi connectivity index (χ1v) is 6.13. The maximum atomic E-state index is 13.8. The van der Waals surface area contributed by atoms with Crippen molar-refractivity contribution in [3.05, 3.63) is 34.9 Å². The molecule has 2 rings (SSSR count). The lowest BCUT2D eigenvalue weighted by Gasteiger charge is -2.31. The lowest BCUT2D eigenvalue weighted by atomic mass is 9.75. The molecule has 96 valence electrons. The van der Waals surface area contributed by atoms with Crippen molar-refractivity contribution >= 4 is 0 Å². The van der Waals surface area contributed by atoms with Crippen molar-refractivity contribution < 1.29 is 8.78 Å². The SMILES string of the molecule is Cc1cc(F)cc(F)c1CC1(C#N)CCNCC1. The molecule has 0 aromatic heterocycles. The summed E-state index contributed by atoms with van der Waals surface area (Å²) in [6.07, 6.45) is 1.78. The summed E-state index contributed by atoms with van der Waals surface area (Å²) in [5, 5.41) is 12.6. The second kappa shape index (κ2) is 5.03. The zero-order valence-corrected chi connectivity index (χ0v) is 10.4. The Hall–Kier alpha value is -1.47. The zero-order chi connectivity index (χ0) is 13.2. The highest BCUT2D eigenvalue weighted by molar-refractivity contribution is 5.30. The van der Waals surface area contributed by atoms with E-state index < -0.39 is 17.0 Å². The molecule has 2 nitrogen and oxygen atoms in total. The third kappa shape index (κ3) is 2.51. The molecule has 0 atom stereocenters. The van der Waals surface area contributed by atoms with Crippen molar-refractivity contribution in [3.63, 3.8) is 0 Å². The van der Waals surface area contributed by atoms with Crippen LogP contribution in [-0.2, 0) is 6.42 Å². The molecule has 1 aromatic carbocycles. The number of piperidine rings is 1. The van der Waals surface area contributed by atoms with E-state index in [0.717, 1.165) is 19.2 Å². The summed E-state index contributed by atoms with van der Waals surface area (Å²) in [6.45, 7) is 3.23. The van der Waals surface area contributed by atoms with Crippen LogP contribution in [0.3, 0.4) is 0 Å². The van der Waals surface area contributed by atoms with Gasteiger partial charge in [0.15, 0.2) is 0 Å². The molecule has 0 amide bonds. The first-order valence-electron chi connectivity index (χ1n) is 6.13. The number of halogens is 2. The van der Waals surface area contributed by atoms with E-state index in [9.17, 15) is 14.0 Å². The van der Waals surface area contributed by atoms with Crippen molar-refractivity contribution in [1.82, 2.24) is 5.32 Å². The molecule has 0 saturated carbocycles. The van der Waals surface area contributed by atoms with Gasteiger partial charge in [-0.15, -0.1) is 0 Å². The summed E-state index contributed by atoms with van der Waals surface area (Å²) in [4.78, 5) is 0. The minimum atomic E-state index is -0.565. The number of hydrogen-bond acceptors (Lipinski definition) is 2. The van der Waals surface area contributed by atoms with Crippen LogP contribution in [0.2, 0.25) is 0 Å². The van der Waals surface area contributed by atoms with Crippen molar-refractivity contribution in [1.29, 1.82) is 5.26 Å². The molecule has 0 aliphatic carbocycles. The number of hydrogen-bond donors (Lipinski definition) is 1. The lowest BCUT2D eigenvalue weighted by Crippen LogP contribution is -2.37. The van der Waals surface area contributed by atoms with Crippen LogP contribution in [0, 0.1) is 35.3 Å². The van der Waals surface area contributed by atoms with Crippen molar-refractivity contribution in [2.75, 3.05) is 13.1 Å². The van der Waals surface area contributed by atoms with Crippen LogP contribution in [0.15, 0.2) is 12.1 Å². The van der Waals surface area contributed by atoms with Crippen LogP contribution in [0.25, 0.3) is 0 Å². The lowest BCUT2D eigenvalue weighted by molar-refractivity contribution is 0.277. The standard InChI is InChI=1S/C14H16F2N2/c1-10-6-11(15)7-13(16)12(10)8-14(9-17)2-4-18-5-3-14/h6-7,18H,2-5,8H2,1H3. The Morgan fingerprint density at radius 3 is 2.56 bits per heavy atom. The highest BCUT2D eigenvalue weighted by Gasteiger charge is 2.33. The smallest absolute Gasteiger partial charge is 0.129 e. The Kier molecular flexibility index (Phi) is 3.63. The summed E-state index contributed by atoms with van der Waals surface area (Å²) < 4.78 is 26.9. The molecule has 0 spiro atoms. The highest BCUT2D eigenvalue weighted by atomic mass is 19.1. The Morgan fingerprint density at radius 2 is 2.00 bits per heavy atom. The minimum Gasteiger partial charge on any atom is -0.317 e. The van der Waals surface area contributed by atoms with E-state index in [1.165, 1.54) is 6.07 Å². The molecular weight excluding hydrogens is 234 g/mol. The van der Waals surface area contributed by atoms with Gasteiger partial charge >= 0.3 is 0 Å².